The summed E-state index contributed by atoms with van der Waals surface area (Å²) in [6.07, 6.45) is 0. The van der Waals surface area contributed by atoms with E-state index >= 15 is 0 Å². The molecule has 1 rings (SSSR count). The number of urea groups is 1. The lowest BCUT2D eigenvalue weighted by molar-refractivity contribution is -0.117. The van der Waals surface area contributed by atoms with Crippen molar-refractivity contribution in [3.05, 3.63) is 28.5 Å². The molecule has 0 aliphatic carbocycles. The van der Waals surface area contributed by atoms with Gasteiger partial charge in [0.15, 0.2) is 0 Å². The first-order valence-corrected chi connectivity index (χ1v) is 5.48. The Kier molecular flexibility index (Phi) is 4.70. The number of halogens is 3. The molecular formula is C9H7BrClFN2O2. The van der Waals surface area contributed by atoms with Crippen LogP contribution in [0.15, 0.2) is 22.7 Å². The molecule has 86 valence electrons. The second-order valence-electron chi connectivity index (χ2n) is 2.73. The van der Waals surface area contributed by atoms with Gasteiger partial charge in [-0.1, -0.05) is 6.07 Å². The van der Waals surface area contributed by atoms with E-state index in [9.17, 15) is 14.0 Å². The Hall–Kier alpha value is -1.14. The van der Waals surface area contributed by atoms with Crippen molar-refractivity contribution in [2.24, 2.45) is 0 Å². The number of hydrogen-bond donors (Lipinski definition) is 2. The Bertz CT molecular complexity index is 408. The number of anilines is 1. The lowest BCUT2D eigenvalue weighted by Gasteiger charge is -2.08. The number of alkyl halides is 1. The molecule has 1 aromatic carbocycles. The number of rotatable bonds is 2. The smallest absolute Gasteiger partial charge is 0.304 e. The van der Waals surface area contributed by atoms with Gasteiger partial charge in [0.2, 0.25) is 5.91 Å². The molecule has 3 amide bonds. The van der Waals surface area contributed by atoms with E-state index in [0.717, 1.165) is 0 Å². The molecule has 16 heavy (non-hydrogen) atoms. The predicted octanol–water partition coefficient (Wildman–Crippen LogP) is 2.48. The molecule has 0 aliphatic heterocycles. The summed E-state index contributed by atoms with van der Waals surface area (Å²) in [5, 5.41) is 4.12. The van der Waals surface area contributed by atoms with Crippen LogP contribution < -0.4 is 10.6 Å². The lowest BCUT2D eigenvalue weighted by atomic mass is 10.3. The molecule has 1 aromatic rings. The summed E-state index contributed by atoms with van der Waals surface area (Å²) in [7, 11) is 0. The minimum atomic E-state index is -0.837. The Labute approximate surface area is 104 Å². The highest BCUT2D eigenvalue weighted by Crippen LogP contribution is 2.24. The molecule has 0 bridgehead atoms. The monoisotopic (exact) mass is 308 g/mol. The average molecular weight is 310 g/mol. The van der Waals surface area contributed by atoms with E-state index in [-0.39, 0.29) is 11.6 Å². The maximum atomic E-state index is 13.2. The van der Waals surface area contributed by atoms with Crippen molar-refractivity contribution in [3.8, 4) is 0 Å². The number of carbonyl (C=O) groups is 2. The molecule has 0 saturated heterocycles. The highest BCUT2D eigenvalue weighted by Gasteiger charge is 2.11. The molecule has 0 heterocycles. The first kappa shape index (κ1) is 12.9. The highest BCUT2D eigenvalue weighted by molar-refractivity contribution is 9.10. The van der Waals surface area contributed by atoms with Crippen LogP contribution in [0, 0.1) is 5.82 Å². The number of imide groups is 1. The standard InChI is InChI=1S/C9H7BrClFN2O2/c10-5-2-1-3-6(12)8(5)14-9(16)13-7(15)4-11/h1-3H,4H2,(H2,13,14,15,16). The van der Waals surface area contributed by atoms with Gasteiger partial charge in [-0.15, -0.1) is 11.6 Å². The van der Waals surface area contributed by atoms with Crippen molar-refractivity contribution >= 4 is 45.2 Å². The van der Waals surface area contributed by atoms with Crippen molar-refractivity contribution in [1.82, 2.24) is 5.32 Å². The van der Waals surface area contributed by atoms with Gasteiger partial charge in [0.05, 0.1) is 5.69 Å². The average Bonchev–Trinajstić information content (AvgIpc) is 2.23. The fraction of sp³-hybridized carbons (Fsp3) is 0.111. The van der Waals surface area contributed by atoms with Gasteiger partial charge in [0, 0.05) is 4.47 Å². The molecule has 0 aromatic heterocycles. The van der Waals surface area contributed by atoms with Crippen molar-refractivity contribution in [2.45, 2.75) is 0 Å². The topological polar surface area (TPSA) is 58.2 Å². The van der Waals surface area contributed by atoms with Crippen LogP contribution in [0.1, 0.15) is 0 Å². The number of para-hydroxylation sites is 1. The van der Waals surface area contributed by atoms with E-state index in [2.05, 4.69) is 21.2 Å². The van der Waals surface area contributed by atoms with Crippen LogP contribution >= 0.6 is 27.5 Å². The Balaban J connectivity index is 2.73. The van der Waals surface area contributed by atoms with Crippen LogP contribution in [0.5, 0.6) is 0 Å². The summed E-state index contributed by atoms with van der Waals surface area (Å²) in [5.41, 5.74) is -0.0395. The Morgan fingerprint density at radius 2 is 2.12 bits per heavy atom. The molecule has 0 spiro atoms. The molecular weight excluding hydrogens is 302 g/mol. The van der Waals surface area contributed by atoms with Gasteiger partial charge in [0.25, 0.3) is 0 Å². The SMILES string of the molecule is O=C(CCl)NC(=O)Nc1c(F)cccc1Br. The predicted molar refractivity (Wildman–Crippen MR) is 62.0 cm³/mol. The second kappa shape index (κ2) is 5.81. The van der Waals surface area contributed by atoms with Gasteiger partial charge < -0.3 is 5.32 Å². The van der Waals surface area contributed by atoms with Gasteiger partial charge in [-0.25, -0.2) is 9.18 Å². The summed E-state index contributed by atoms with van der Waals surface area (Å²) in [6.45, 7) is 0. The number of hydrogen-bond acceptors (Lipinski definition) is 2. The third-order valence-corrected chi connectivity index (χ3v) is 2.48. The zero-order chi connectivity index (χ0) is 12.1. The lowest BCUT2D eigenvalue weighted by Crippen LogP contribution is -2.35. The molecule has 0 saturated carbocycles. The maximum absolute atomic E-state index is 13.2. The van der Waals surface area contributed by atoms with E-state index < -0.39 is 17.8 Å². The second-order valence-corrected chi connectivity index (χ2v) is 3.85. The number of nitrogens with one attached hydrogen (secondary N) is 2. The summed E-state index contributed by atoms with van der Waals surface area (Å²) in [6, 6.07) is 3.38. The van der Waals surface area contributed by atoms with E-state index in [4.69, 9.17) is 11.6 Å². The maximum Gasteiger partial charge on any atom is 0.326 e. The minimum absolute atomic E-state index is 0.0395. The number of benzene rings is 1. The number of amides is 3. The van der Waals surface area contributed by atoms with Gasteiger partial charge in [-0.05, 0) is 28.1 Å². The van der Waals surface area contributed by atoms with Gasteiger partial charge >= 0.3 is 6.03 Å². The molecule has 4 nitrogen and oxygen atoms in total. The van der Waals surface area contributed by atoms with Gasteiger partial charge in [-0.3, -0.25) is 10.1 Å². The summed E-state index contributed by atoms with van der Waals surface area (Å²) >= 11 is 8.25. The van der Waals surface area contributed by atoms with Crippen LogP contribution in [0.25, 0.3) is 0 Å². The zero-order valence-electron chi connectivity index (χ0n) is 7.89. The molecule has 0 unspecified atom stereocenters. The van der Waals surface area contributed by atoms with Crippen molar-refractivity contribution in [1.29, 1.82) is 0 Å². The Morgan fingerprint density at radius 3 is 2.69 bits per heavy atom. The normalized spacial score (nSPS) is 9.69. The number of carbonyl (C=O) groups excluding carboxylic acids is 2. The van der Waals surface area contributed by atoms with E-state index in [1.54, 1.807) is 6.07 Å². The third-order valence-electron chi connectivity index (χ3n) is 1.58. The van der Waals surface area contributed by atoms with Crippen LogP contribution in [0.4, 0.5) is 14.9 Å². The van der Waals surface area contributed by atoms with Gasteiger partial charge in [0.1, 0.15) is 11.7 Å². The Morgan fingerprint density at radius 1 is 1.44 bits per heavy atom. The van der Waals surface area contributed by atoms with Crippen LogP contribution in [-0.2, 0) is 4.79 Å². The van der Waals surface area contributed by atoms with Crippen molar-refractivity contribution in [3.63, 3.8) is 0 Å². The summed E-state index contributed by atoms with van der Waals surface area (Å²) in [5.74, 6) is -1.61. The van der Waals surface area contributed by atoms with Crippen molar-refractivity contribution in [2.75, 3.05) is 11.2 Å². The van der Waals surface area contributed by atoms with E-state index in [1.165, 1.54) is 12.1 Å². The zero-order valence-corrected chi connectivity index (χ0v) is 10.2. The van der Waals surface area contributed by atoms with Crippen LogP contribution in [0.2, 0.25) is 0 Å². The molecule has 0 atom stereocenters. The largest absolute Gasteiger partial charge is 0.326 e. The van der Waals surface area contributed by atoms with Crippen molar-refractivity contribution < 1.29 is 14.0 Å². The highest BCUT2D eigenvalue weighted by atomic mass is 79.9. The minimum Gasteiger partial charge on any atom is -0.304 e. The molecule has 0 aliphatic rings. The summed E-state index contributed by atoms with van der Waals surface area (Å²) < 4.78 is 13.6. The first-order valence-electron chi connectivity index (χ1n) is 4.15. The van der Waals surface area contributed by atoms with Gasteiger partial charge in [-0.2, -0.15) is 0 Å². The van der Waals surface area contributed by atoms with E-state index in [1.807, 2.05) is 5.32 Å². The molecule has 0 fully saturated rings. The molecule has 0 radical (unpaired) electrons. The van der Waals surface area contributed by atoms with E-state index in [0.29, 0.717) is 4.47 Å². The fourth-order valence-electron chi connectivity index (χ4n) is 0.922. The van der Waals surface area contributed by atoms with Crippen LogP contribution in [-0.4, -0.2) is 17.8 Å². The third kappa shape index (κ3) is 3.46. The summed E-state index contributed by atoms with van der Waals surface area (Å²) in [4.78, 5) is 22.0. The molecule has 7 heteroatoms. The quantitative estimate of drug-likeness (QED) is 0.825. The van der Waals surface area contributed by atoms with Crippen LogP contribution in [0.3, 0.4) is 0 Å². The first-order chi connectivity index (χ1) is 7.54. The fourth-order valence-corrected chi connectivity index (χ4v) is 1.43. The molecule has 2 N–H and O–H groups in total.